The lowest BCUT2D eigenvalue weighted by Gasteiger charge is -2.36. The molecule has 0 atom stereocenters. The number of benzene rings is 1. The molecule has 0 unspecified atom stereocenters. The lowest BCUT2D eigenvalue weighted by atomic mass is 10.1. The average molecular weight is 521 g/mol. The van der Waals surface area contributed by atoms with Crippen LogP contribution in [0, 0.1) is 5.82 Å². The molecule has 0 bridgehead atoms. The van der Waals surface area contributed by atoms with E-state index in [2.05, 4.69) is 10.3 Å². The van der Waals surface area contributed by atoms with E-state index in [1.54, 1.807) is 18.2 Å². The van der Waals surface area contributed by atoms with Crippen molar-refractivity contribution in [2.75, 3.05) is 39.1 Å². The van der Waals surface area contributed by atoms with Gasteiger partial charge >= 0.3 is 0 Å². The molecule has 1 aromatic carbocycles. The second-order valence-electron chi connectivity index (χ2n) is 8.56. The van der Waals surface area contributed by atoms with Crippen molar-refractivity contribution in [3.8, 4) is 5.75 Å². The van der Waals surface area contributed by atoms with Gasteiger partial charge in [-0.25, -0.2) is 8.70 Å². The number of fused-ring (bicyclic) bond motifs is 1. The molecule has 4 rings (SSSR count). The first-order valence-electron chi connectivity index (χ1n) is 11.5. The number of rotatable bonds is 9. The fourth-order valence-corrected chi connectivity index (χ4v) is 5.81. The van der Waals surface area contributed by atoms with Crippen LogP contribution in [0.15, 0.2) is 41.3 Å². The highest BCUT2D eigenvalue weighted by molar-refractivity contribution is 8.22. The van der Waals surface area contributed by atoms with E-state index in [1.165, 1.54) is 34.3 Å². The third kappa shape index (κ3) is 5.52. The summed E-state index contributed by atoms with van der Waals surface area (Å²) in [5, 5.41) is 13.4. The molecule has 0 aliphatic carbocycles. The normalized spacial score (nSPS) is 16.3. The van der Waals surface area contributed by atoms with Gasteiger partial charge in [0, 0.05) is 39.5 Å². The largest absolute Gasteiger partial charge is 0.505 e. The summed E-state index contributed by atoms with van der Waals surface area (Å²) in [7, 11) is -1.42. The Labute approximate surface area is 208 Å². The van der Waals surface area contributed by atoms with Gasteiger partial charge in [-0.3, -0.25) is 23.7 Å². The van der Waals surface area contributed by atoms with Gasteiger partial charge in [0.1, 0.15) is 16.9 Å². The topological polar surface area (TPSA) is 137 Å². The maximum absolute atomic E-state index is 13.5. The number of carbonyl (C=O) groups is 1. The van der Waals surface area contributed by atoms with E-state index < -0.39 is 33.6 Å². The standard InChI is InChI=1S/C24H29FN4O6S/c1-35-11-7-26-23(31)20-22(30)21-19(14-17(15-27-21)13-16-3-5-18(25)6-4-16)29(24(20)32)10-9-28-8-2-12-36(28,33)34/h3-6,14-15,30,33-34H,2,7-13H2,1H3,(H,26,31). The molecule has 10 nitrogen and oxygen atoms in total. The summed E-state index contributed by atoms with van der Waals surface area (Å²) in [4.78, 5) is 30.6. The Kier molecular flexibility index (Phi) is 7.91. The summed E-state index contributed by atoms with van der Waals surface area (Å²) in [6, 6.07) is 7.70. The Bertz CT molecular complexity index is 1310. The van der Waals surface area contributed by atoms with E-state index in [-0.39, 0.29) is 43.3 Å². The van der Waals surface area contributed by atoms with Gasteiger partial charge in [-0.05, 0) is 42.2 Å². The third-order valence-electron chi connectivity index (χ3n) is 6.09. The molecule has 3 heterocycles. The molecule has 4 N–H and O–H groups in total. The molecular weight excluding hydrogens is 491 g/mol. The minimum absolute atomic E-state index is 0.0471. The van der Waals surface area contributed by atoms with E-state index >= 15 is 0 Å². The zero-order valence-corrected chi connectivity index (χ0v) is 20.6. The van der Waals surface area contributed by atoms with Crippen molar-refractivity contribution in [1.82, 2.24) is 19.2 Å². The fourth-order valence-electron chi connectivity index (χ4n) is 4.24. The molecule has 36 heavy (non-hydrogen) atoms. The number of halogens is 1. The van der Waals surface area contributed by atoms with Crippen LogP contribution in [0.5, 0.6) is 5.75 Å². The Morgan fingerprint density at radius 3 is 2.64 bits per heavy atom. The lowest BCUT2D eigenvalue weighted by Crippen LogP contribution is -2.37. The highest BCUT2D eigenvalue weighted by Crippen LogP contribution is 2.48. The van der Waals surface area contributed by atoms with E-state index in [1.807, 2.05) is 0 Å². The van der Waals surface area contributed by atoms with Crippen molar-refractivity contribution < 1.29 is 28.1 Å². The summed E-state index contributed by atoms with van der Waals surface area (Å²) < 4.78 is 41.6. The van der Waals surface area contributed by atoms with Crippen molar-refractivity contribution in [2.24, 2.45) is 0 Å². The summed E-state index contributed by atoms with van der Waals surface area (Å²) in [5.74, 6) is -1.36. The molecule has 0 saturated carbocycles. The van der Waals surface area contributed by atoms with Crippen LogP contribution in [0.1, 0.15) is 27.9 Å². The zero-order chi connectivity index (χ0) is 25.9. The predicted octanol–water partition coefficient (Wildman–Crippen LogP) is 2.58. The summed E-state index contributed by atoms with van der Waals surface area (Å²) in [5.41, 5.74) is 0.764. The Morgan fingerprint density at radius 2 is 1.97 bits per heavy atom. The Balaban J connectivity index is 1.76. The number of aromatic nitrogens is 2. The quantitative estimate of drug-likeness (QED) is 0.316. The minimum Gasteiger partial charge on any atom is -0.505 e. The van der Waals surface area contributed by atoms with E-state index in [0.29, 0.717) is 30.5 Å². The number of carbonyl (C=O) groups excluding carboxylic acids is 1. The zero-order valence-electron chi connectivity index (χ0n) is 19.8. The molecule has 1 fully saturated rings. The van der Waals surface area contributed by atoms with E-state index in [9.17, 15) is 28.2 Å². The van der Waals surface area contributed by atoms with Crippen LogP contribution in [0.3, 0.4) is 0 Å². The highest BCUT2D eigenvalue weighted by Gasteiger charge is 2.29. The van der Waals surface area contributed by atoms with Crippen LogP contribution in [-0.4, -0.2) is 73.1 Å². The minimum atomic E-state index is -2.90. The SMILES string of the molecule is COCCNC(=O)c1c(O)c2ncc(Cc3ccc(F)cc3)cc2n(CCN2CCCS2(O)O)c1=O. The second-order valence-corrected chi connectivity index (χ2v) is 10.8. The maximum Gasteiger partial charge on any atom is 0.267 e. The molecule has 1 saturated heterocycles. The van der Waals surface area contributed by atoms with Crippen molar-refractivity contribution in [2.45, 2.75) is 19.4 Å². The van der Waals surface area contributed by atoms with Crippen molar-refractivity contribution in [3.63, 3.8) is 0 Å². The van der Waals surface area contributed by atoms with Crippen LogP contribution >= 0.6 is 10.8 Å². The van der Waals surface area contributed by atoms with Gasteiger partial charge in [0.25, 0.3) is 11.5 Å². The van der Waals surface area contributed by atoms with Gasteiger partial charge in [0.2, 0.25) is 0 Å². The van der Waals surface area contributed by atoms with Gasteiger partial charge in [-0.1, -0.05) is 12.1 Å². The monoisotopic (exact) mass is 520 g/mol. The number of nitrogens with zero attached hydrogens (tertiary/aromatic N) is 3. The van der Waals surface area contributed by atoms with Crippen LogP contribution in [0.4, 0.5) is 4.39 Å². The maximum atomic E-state index is 13.5. The van der Waals surface area contributed by atoms with Crippen LogP contribution in [0.2, 0.25) is 0 Å². The number of amides is 1. The van der Waals surface area contributed by atoms with Gasteiger partial charge in [0.05, 0.1) is 17.9 Å². The summed E-state index contributed by atoms with van der Waals surface area (Å²) in [6.45, 7) is 1.06. The fraction of sp³-hybridized carbons (Fsp3) is 0.375. The van der Waals surface area contributed by atoms with Gasteiger partial charge in [-0.15, -0.1) is 10.8 Å². The molecule has 1 amide bonds. The second kappa shape index (κ2) is 10.9. The smallest absolute Gasteiger partial charge is 0.267 e. The number of aromatic hydroxyl groups is 1. The lowest BCUT2D eigenvalue weighted by molar-refractivity contribution is 0.0932. The molecular formula is C24H29FN4O6S. The molecule has 2 aromatic heterocycles. The van der Waals surface area contributed by atoms with Crippen molar-refractivity contribution in [1.29, 1.82) is 0 Å². The van der Waals surface area contributed by atoms with Gasteiger partial charge in [0.15, 0.2) is 5.75 Å². The molecule has 194 valence electrons. The Hall–Kier alpha value is -3.03. The Morgan fingerprint density at radius 1 is 1.22 bits per heavy atom. The number of ether oxygens (including phenoxy) is 1. The van der Waals surface area contributed by atoms with Gasteiger partial charge < -0.3 is 19.7 Å². The first-order chi connectivity index (χ1) is 17.2. The molecule has 1 aliphatic rings. The van der Waals surface area contributed by atoms with Crippen molar-refractivity contribution >= 4 is 27.7 Å². The number of methoxy groups -OCH3 is 1. The number of hydrogen-bond donors (Lipinski definition) is 4. The molecule has 0 radical (unpaired) electrons. The molecule has 0 spiro atoms. The van der Waals surface area contributed by atoms with E-state index in [0.717, 1.165) is 5.56 Å². The average Bonchev–Trinajstić information content (AvgIpc) is 3.18. The van der Waals surface area contributed by atoms with Crippen LogP contribution in [-0.2, 0) is 17.7 Å². The predicted molar refractivity (Wildman–Crippen MR) is 135 cm³/mol. The van der Waals surface area contributed by atoms with Crippen LogP contribution < -0.4 is 10.9 Å². The first kappa shape index (κ1) is 26.0. The number of hydrogen-bond acceptors (Lipinski definition) is 8. The highest BCUT2D eigenvalue weighted by atomic mass is 32.3. The van der Waals surface area contributed by atoms with Gasteiger partial charge in [-0.2, -0.15) is 0 Å². The molecule has 1 aliphatic heterocycles. The molecule has 3 aromatic rings. The number of nitrogens with one attached hydrogen (secondary N) is 1. The van der Waals surface area contributed by atoms with Crippen LogP contribution in [0.25, 0.3) is 11.0 Å². The third-order valence-corrected chi connectivity index (χ3v) is 8.12. The molecule has 12 heteroatoms. The number of pyridine rings is 2. The first-order valence-corrected chi connectivity index (χ1v) is 13.2. The summed E-state index contributed by atoms with van der Waals surface area (Å²) in [6.07, 6.45) is 2.57. The van der Waals surface area contributed by atoms with E-state index in [4.69, 9.17) is 4.74 Å². The summed E-state index contributed by atoms with van der Waals surface area (Å²) >= 11 is 0. The van der Waals surface area contributed by atoms with Crippen molar-refractivity contribution in [3.05, 3.63) is 69.4 Å².